The van der Waals surface area contributed by atoms with Crippen LogP contribution in [0, 0.1) is 11.3 Å². The van der Waals surface area contributed by atoms with Crippen LogP contribution < -0.4 is 11.1 Å². The van der Waals surface area contributed by atoms with Crippen molar-refractivity contribution in [2.75, 3.05) is 0 Å². The first-order valence-electron chi connectivity index (χ1n) is 7.70. The Morgan fingerprint density at radius 1 is 1.48 bits per heavy atom. The smallest absolute Gasteiger partial charge is 0.166 e. The van der Waals surface area contributed by atoms with Gasteiger partial charge in [0.05, 0.1) is 16.3 Å². The predicted molar refractivity (Wildman–Crippen MR) is 102 cm³/mol. The lowest BCUT2D eigenvalue weighted by Crippen LogP contribution is -2.44. The number of dihydropyridines is 2. The van der Waals surface area contributed by atoms with E-state index in [0.29, 0.717) is 22.0 Å². The minimum atomic E-state index is -0.398. The van der Waals surface area contributed by atoms with Gasteiger partial charge >= 0.3 is 0 Å². The first-order chi connectivity index (χ1) is 11.0. The van der Waals surface area contributed by atoms with Gasteiger partial charge in [0.25, 0.3) is 0 Å². The van der Waals surface area contributed by atoms with Crippen molar-refractivity contribution in [1.29, 1.82) is 5.41 Å². The average molecular weight is 394 g/mol. The molecule has 0 amide bonds. The van der Waals surface area contributed by atoms with Crippen LogP contribution in [0.4, 0.5) is 0 Å². The molecule has 0 bridgehead atoms. The molecule has 2 aliphatic heterocycles. The monoisotopic (exact) mass is 393 g/mol. The van der Waals surface area contributed by atoms with E-state index < -0.39 is 5.54 Å². The number of nitrogens with one attached hydrogen (secondary N) is 2. The van der Waals surface area contributed by atoms with E-state index in [0.717, 1.165) is 23.0 Å². The molecule has 23 heavy (non-hydrogen) atoms. The van der Waals surface area contributed by atoms with E-state index >= 15 is 0 Å². The van der Waals surface area contributed by atoms with Crippen LogP contribution in [0.25, 0.3) is 0 Å². The van der Waals surface area contributed by atoms with Crippen molar-refractivity contribution in [1.82, 2.24) is 5.32 Å². The van der Waals surface area contributed by atoms with E-state index in [4.69, 9.17) is 11.1 Å². The molecule has 1 aliphatic carbocycles. The molecular weight excluding hydrogens is 374 g/mol. The minimum Gasteiger partial charge on any atom is -0.378 e. The zero-order chi connectivity index (χ0) is 16.4. The molecule has 0 radical (unpaired) electrons. The Bertz CT molecular complexity index is 670. The number of amidine groups is 1. The molecule has 1 unspecified atom stereocenters. The van der Waals surface area contributed by atoms with Crippen molar-refractivity contribution in [3.63, 3.8) is 0 Å². The van der Waals surface area contributed by atoms with Gasteiger partial charge in [-0.3, -0.25) is 10.4 Å². The molecule has 0 aromatic rings. The zero-order valence-electron chi connectivity index (χ0n) is 13.0. The summed E-state index contributed by atoms with van der Waals surface area (Å²) in [6, 6.07) is 0. The fraction of sp³-hybridized carbons (Fsp3) is 0.438. The van der Waals surface area contributed by atoms with Crippen molar-refractivity contribution >= 4 is 44.1 Å². The maximum atomic E-state index is 8.16. The van der Waals surface area contributed by atoms with Crippen molar-refractivity contribution in [2.24, 2.45) is 21.6 Å². The topological polar surface area (TPSA) is 86.6 Å². The molecule has 3 aliphatic rings. The van der Waals surface area contributed by atoms with Gasteiger partial charge < -0.3 is 11.1 Å². The number of halogens is 1. The maximum absolute atomic E-state index is 8.16. The van der Waals surface area contributed by atoms with Gasteiger partial charge in [0.2, 0.25) is 0 Å². The number of thioether (sulfide) groups is 1. The molecular formula is C16H20BrN5S. The molecule has 2 heterocycles. The van der Waals surface area contributed by atoms with Crippen molar-refractivity contribution in [3.05, 3.63) is 34.2 Å². The van der Waals surface area contributed by atoms with E-state index in [1.54, 1.807) is 6.21 Å². The van der Waals surface area contributed by atoms with Crippen molar-refractivity contribution in [2.45, 2.75) is 38.1 Å². The third-order valence-corrected chi connectivity index (χ3v) is 5.53. The average Bonchev–Trinajstić information content (AvgIpc) is 2.99. The van der Waals surface area contributed by atoms with Crippen molar-refractivity contribution < 1.29 is 0 Å². The number of hydrogen-bond donors (Lipinski definition) is 3. The largest absolute Gasteiger partial charge is 0.378 e. The Balaban J connectivity index is 1.70. The number of fused-ring (bicyclic) bond motifs is 1. The van der Waals surface area contributed by atoms with E-state index in [2.05, 4.69) is 37.3 Å². The Morgan fingerprint density at radius 2 is 2.22 bits per heavy atom. The molecule has 1 saturated carbocycles. The van der Waals surface area contributed by atoms with E-state index in [1.165, 1.54) is 24.6 Å². The van der Waals surface area contributed by atoms with Gasteiger partial charge in [-0.05, 0) is 65.7 Å². The Morgan fingerprint density at radius 3 is 2.96 bits per heavy atom. The van der Waals surface area contributed by atoms with Crippen LogP contribution in [0.1, 0.15) is 32.6 Å². The van der Waals surface area contributed by atoms with Gasteiger partial charge in [0, 0.05) is 16.6 Å². The SMILES string of the molecule is CC12C=C(Br)C=NC1=CC=C(/N=C(/N)SC(=N)C1CCCC1)N2. The van der Waals surface area contributed by atoms with Crippen LogP contribution in [0.15, 0.2) is 44.2 Å². The molecule has 1 atom stereocenters. The molecule has 0 saturated heterocycles. The number of hydrogen-bond acceptors (Lipinski definition) is 5. The van der Waals surface area contributed by atoms with Crippen LogP contribution in [0.5, 0.6) is 0 Å². The number of aliphatic imine (C=N–C) groups is 2. The molecule has 122 valence electrons. The second kappa shape index (κ2) is 6.65. The number of rotatable bonds is 2. The fourth-order valence-corrected chi connectivity index (χ4v) is 4.36. The molecule has 0 aromatic carbocycles. The Labute approximate surface area is 148 Å². The quantitative estimate of drug-likeness (QED) is 0.494. The molecule has 7 heteroatoms. The summed E-state index contributed by atoms with van der Waals surface area (Å²) in [6.07, 6.45) is 12.3. The third kappa shape index (κ3) is 3.77. The summed E-state index contributed by atoms with van der Waals surface area (Å²) in [5, 5.41) is 12.6. The second-order valence-corrected chi connectivity index (χ2v) is 8.09. The number of allylic oxidation sites excluding steroid dienone is 3. The molecule has 0 spiro atoms. The van der Waals surface area contributed by atoms with Gasteiger partial charge in [-0.2, -0.15) is 0 Å². The highest BCUT2D eigenvalue weighted by atomic mass is 79.9. The lowest BCUT2D eigenvalue weighted by molar-refractivity contribution is 0.539. The van der Waals surface area contributed by atoms with Crippen LogP contribution in [-0.4, -0.2) is 22.0 Å². The van der Waals surface area contributed by atoms with E-state index in [-0.39, 0.29) is 0 Å². The second-order valence-electron chi connectivity index (χ2n) is 6.12. The van der Waals surface area contributed by atoms with E-state index in [1.807, 2.05) is 19.1 Å². The molecule has 5 nitrogen and oxygen atoms in total. The minimum absolute atomic E-state index is 0.359. The standard InChI is InChI=1S/C16H20BrN5S/c1-16-8-11(17)9-20-12(16)6-7-13(22-16)21-15(19)23-14(18)10-4-2-3-5-10/h6-10,18,22H,2-5H2,1H3,(H2,19,21). The maximum Gasteiger partial charge on any atom is 0.166 e. The highest BCUT2D eigenvalue weighted by Crippen LogP contribution is 2.32. The summed E-state index contributed by atoms with van der Waals surface area (Å²) >= 11 is 4.73. The molecule has 3 rings (SSSR count). The third-order valence-electron chi connectivity index (χ3n) is 4.24. The summed E-state index contributed by atoms with van der Waals surface area (Å²) in [5.41, 5.74) is 6.56. The van der Waals surface area contributed by atoms with Gasteiger partial charge in [-0.25, -0.2) is 4.99 Å². The van der Waals surface area contributed by atoms with Gasteiger partial charge in [0.15, 0.2) is 5.17 Å². The summed E-state index contributed by atoms with van der Waals surface area (Å²) in [6.45, 7) is 2.04. The molecule has 1 fully saturated rings. The summed E-state index contributed by atoms with van der Waals surface area (Å²) in [7, 11) is 0. The lowest BCUT2D eigenvalue weighted by Gasteiger charge is -2.33. The van der Waals surface area contributed by atoms with Gasteiger partial charge in [-0.1, -0.05) is 12.8 Å². The Kier molecular flexibility index (Phi) is 4.77. The van der Waals surface area contributed by atoms with Crippen LogP contribution in [-0.2, 0) is 0 Å². The first kappa shape index (κ1) is 16.5. The predicted octanol–water partition coefficient (Wildman–Crippen LogP) is 3.65. The lowest BCUT2D eigenvalue weighted by atomic mass is 9.93. The molecule has 4 N–H and O–H groups in total. The summed E-state index contributed by atoms with van der Waals surface area (Å²) < 4.78 is 0.931. The van der Waals surface area contributed by atoms with Crippen LogP contribution in [0.2, 0.25) is 0 Å². The normalized spacial score (nSPS) is 27.7. The highest BCUT2D eigenvalue weighted by Gasteiger charge is 2.31. The zero-order valence-corrected chi connectivity index (χ0v) is 15.4. The first-order valence-corrected chi connectivity index (χ1v) is 9.31. The molecule has 0 aromatic heterocycles. The Hall–Kier alpha value is -1.34. The summed E-state index contributed by atoms with van der Waals surface area (Å²) in [4.78, 5) is 8.85. The highest BCUT2D eigenvalue weighted by molar-refractivity contribution is 9.12. The van der Waals surface area contributed by atoms with Gasteiger partial charge in [0.1, 0.15) is 5.82 Å². The van der Waals surface area contributed by atoms with Gasteiger partial charge in [-0.15, -0.1) is 0 Å². The van der Waals surface area contributed by atoms with Crippen molar-refractivity contribution in [3.8, 4) is 0 Å². The summed E-state index contributed by atoms with van der Waals surface area (Å²) in [5.74, 6) is 1.05. The van der Waals surface area contributed by atoms with Crippen LogP contribution >= 0.6 is 27.7 Å². The number of nitrogens with two attached hydrogens (primary N) is 1. The van der Waals surface area contributed by atoms with E-state index in [9.17, 15) is 0 Å². The fourth-order valence-electron chi connectivity index (χ4n) is 3.02. The number of nitrogens with zero attached hydrogens (tertiary/aromatic N) is 2. The van der Waals surface area contributed by atoms with Crippen LogP contribution in [0.3, 0.4) is 0 Å².